The molecule has 0 fully saturated rings. The predicted molar refractivity (Wildman–Crippen MR) is 73.7 cm³/mol. The summed E-state index contributed by atoms with van der Waals surface area (Å²) in [6.45, 7) is 3.00. The van der Waals surface area contributed by atoms with Crippen LogP contribution in [0, 0.1) is 0 Å². The minimum absolute atomic E-state index is 0.0852. The number of benzene rings is 1. The highest BCUT2D eigenvalue weighted by Gasteiger charge is 2.07. The van der Waals surface area contributed by atoms with Crippen LogP contribution in [-0.2, 0) is 0 Å². The van der Waals surface area contributed by atoms with E-state index in [9.17, 15) is 4.79 Å². The summed E-state index contributed by atoms with van der Waals surface area (Å²) in [7, 11) is 0. The second kappa shape index (κ2) is 8.25. The molecule has 0 aliphatic heterocycles. The van der Waals surface area contributed by atoms with Gasteiger partial charge >= 0.3 is 0 Å². The monoisotopic (exact) mass is 298 g/mol. The molecule has 1 aromatic carbocycles. The fraction of sp³-hybridized carbons (Fsp3) is 0.462. The van der Waals surface area contributed by atoms with Crippen molar-refractivity contribution in [1.82, 2.24) is 9.46 Å². The van der Waals surface area contributed by atoms with Crippen molar-refractivity contribution in [2.24, 2.45) is 0 Å². The summed E-state index contributed by atoms with van der Waals surface area (Å²) in [6, 6.07) is 9.21. The standard InChI is InChI=1S/C13H19BrN2O/c1-2-3-4-8-11-16(14)15-13(17)12-9-6-5-7-10-12/h5-7,9-10H,2-4,8,11H2,1H3,(H,15,17). The SMILES string of the molecule is CCCCCCN(Br)NC(=O)c1ccccc1. The molecule has 0 atom stereocenters. The van der Waals surface area contributed by atoms with Crippen LogP contribution < -0.4 is 5.43 Å². The molecule has 0 aromatic heterocycles. The van der Waals surface area contributed by atoms with Gasteiger partial charge in [-0.25, -0.2) is 0 Å². The second-order valence-electron chi connectivity index (χ2n) is 3.95. The zero-order valence-corrected chi connectivity index (χ0v) is 11.7. The van der Waals surface area contributed by atoms with Crippen molar-refractivity contribution in [2.45, 2.75) is 32.6 Å². The van der Waals surface area contributed by atoms with Crippen LogP contribution in [0.3, 0.4) is 0 Å². The third-order valence-electron chi connectivity index (χ3n) is 2.47. The summed E-state index contributed by atoms with van der Waals surface area (Å²) in [6.07, 6.45) is 4.74. The van der Waals surface area contributed by atoms with Crippen LogP contribution in [0.25, 0.3) is 0 Å². The van der Waals surface area contributed by atoms with E-state index >= 15 is 0 Å². The minimum Gasteiger partial charge on any atom is -0.275 e. The second-order valence-corrected chi connectivity index (χ2v) is 4.81. The van der Waals surface area contributed by atoms with Gasteiger partial charge < -0.3 is 0 Å². The number of halogens is 1. The quantitative estimate of drug-likeness (QED) is 0.474. The molecule has 0 saturated heterocycles. The highest BCUT2D eigenvalue weighted by Crippen LogP contribution is 2.04. The average Bonchev–Trinajstić information content (AvgIpc) is 2.36. The Morgan fingerprint density at radius 2 is 1.94 bits per heavy atom. The Hall–Kier alpha value is -0.870. The molecule has 17 heavy (non-hydrogen) atoms. The fourth-order valence-corrected chi connectivity index (χ4v) is 1.91. The van der Waals surface area contributed by atoms with Crippen molar-refractivity contribution in [3.05, 3.63) is 35.9 Å². The molecular weight excluding hydrogens is 280 g/mol. The van der Waals surface area contributed by atoms with E-state index in [4.69, 9.17) is 0 Å². The van der Waals surface area contributed by atoms with Crippen molar-refractivity contribution >= 4 is 22.1 Å². The largest absolute Gasteiger partial charge is 0.275 e. The number of hydrogen-bond acceptors (Lipinski definition) is 2. The lowest BCUT2D eigenvalue weighted by Gasteiger charge is -2.15. The maximum Gasteiger partial charge on any atom is 0.266 e. The molecule has 0 radical (unpaired) electrons. The van der Waals surface area contributed by atoms with E-state index in [0.717, 1.165) is 13.0 Å². The van der Waals surface area contributed by atoms with Crippen molar-refractivity contribution < 1.29 is 4.79 Å². The van der Waals surface area contributed by atoms with Crippen molar-refractivity contribution in [3.63, 3.8) is 0 Å². The molecule has 4 heteroatoms. The maximum absolute atomic E-state index is 11.8. The van der Waals surface area contributed by atoms with Crippen molar-refractivity contribution in [2.75, 3.05) is 6.54 Å². The van der Waals surface area contributed by atoms with Crippen LogP contribution in [0.4, 0.5) is 0 Å². The Bertz CT molecular complexity index is 329. The lowest BCUT2D eigenvalue weighted by atomic mass is 10.2. The first kappa shape index (κ1) is 14.2. The van der Waals surface area contributed by atoms with E-state index in [1.807, 2.05) is 18.2 Å². The number of amides is 1. The first-order chi connectivity index (χ1) is 8.24. The van der Waals surface area contributed by atoms with Crippen molar-refractivity contribution in [1.29, 1.82) is 0 Å². The molecular formula is C13H19BrN2O. The van der Waals surface area contributed by atoms with Gasteiger partial charge in [0.25, 0.3) is 5.91 Å². The number of rotatable bonds is 7. The van der Waals surface area contributed by atoms with Gasteiger partial charge in [-0.2, -0.15) is 4.03 Å². The van der Waals surface area contributed by atoms with E-state index < -0.39 is 0 Å². The molecule has 1 amide bonds. The Morgan fingerprint density at radius 3 is 2.59 bits per heavy atom. The van der Waals surface area contributed by atoms with Crippen LogP contribution in [0.5, 0.6) is 0 Å². The molecule has 0 heterocycles. The molecule has 1 N–H and O–H groups in total. The maximum atomic E-state index is 11.8. The lowest BCUT2D eigenvalue weighted by Crippen LogP contribution is -2.35. The number of hydrazine groups is 1. The van der Waals surface area contributed by atoms with Gasteiger partial charge in [0.15, 0.2) is 0 Å². The smallest absolute Gasteiger partial charge is 0.266 e. The number of carbonyl (C=O) groups is 1. The lowest BCUT2D eigenvalue weighted by molar-refractivity contribution is 0.0891. The molecule has 0 saturated carbocycles. The van der Waals surface area contributed by atoms with Gasteiger partial charge in [0.2, 0.25) is 0 Å². The Labute approximate surface area is 112 Å². The summed E-state index contributed by atoms with van der Waals surface area (Å²) < 4.78 is 1.68. The minimum atomic E-state index is -0.0852. The van der Waals surface area contributed by atoms with Gasteiger partial charge in [0.05, 0.1) is 0 Å². The number of hydrogen-bond donors (Lipinski definition) is 1. The molecule has 1 aromatic rings. The number of unbranched alkanes of at least 4 members (excludes halogenated alkanes) is 3. The third kappa shape index (κ3) is 5.84. The van der Waals surface area contributed by atoms with Gasteiger partial charge in [-0.05, 0) is 18.6 Å². The van der Waals surface area contributed by atoms with Crippen molar-refractivity contribution in [3.8, 4) is 0 Å². The Kier molecular flexibility index (Phi) is 6.89. The Morgan fingerprint density at radius 1 is 1.24 bits per heavy atom. The first-order valence-electron chi connectivity index (χ1n) is 6.03. The van der Waals surface area contributed by atoms with Crippen LogP contribution >= 0.6 is 16.1 Å². The van der Waals surface area contributed by atoms with E-state index in [-0.39, 0.29) is 5.91 Å². The molecule has 0 bridgehead atoms. The zero-order valence-electron chi connectivity index (χ0n) is 10.2. The fourth-order valence-electron chi connectivity index (χ4n) is 1.50. The first-order valence-corrected chi connectivity index (χ1v) is 6.74. The van der Waals surface area contributed by atoms with E-state index in [1.165, 1.54) is 19.3 Å². The number of nitrogens with zero attached hydrogens (tertiary/aromatic N) is 1. The van der Waals surface area contributed by atoms with Gasteiger partial charge in [-0.1, -0.05) is 44.4 Å². The zero-order chi connectivity index (χ0) is 12.5. The molecule has 0 spiro atoms. The van der Waals surface area contributed by atoms with Crippen LogP contribution in [0.1, 0.15) is 43.0 Å². The molecule has 1 rings (SSSR count). The summed E-state index contributed by atoms with van der Waals surface area (Å²) in [4.78, 5) is 11.8. The van der Waals surface area contributed by atoms with Gasteiger partial charge in [0, 0.05) is 28.3 Å². The van der Waals surface area contributed by atoms with Gasteiger partial charge in [-0.3, -0.25) is 10.2 Å². The third-order valence-corrected chi connectivity index (χ3v) is 3.00. The molecule has 94 valence electrons. The highest BCUT2D eigenvalue weighted by atomic mass is 79.9. The summed E-state index contributed by atoms with van der Waals surface area (Å²) in [5, 5.41) is 0. The van der Waals surface area contributed by atoms with E-state index in [2.05, 4.69) is 28.5 Å². The predicted octanol–water partition coefficient (Wildman–Crippen LogP) is 3.52. The summed E-state index contributed by atoms with van der Waals surface area (Å²) in [5.41, 5.74) is 3.46. The Balaban J connectivity index is 2.26. The van der Waals surface area contributed by atoms with Crippen LogP contribution in [-0.4, -0.2) is 16.5 Å². The number of carbonyl (C=O) groups excluding carboxylic acids is 1. The van der Waals surface area contributed by atoms with E-state index in [1.54, 1.807) is 16.2 Å². The molecule has 3 nitrogen and oxygen atoms in total. The van der Waals surface area contributed by atoms with E-state index in [0.29, 0.717) is 5.56 Å². The molecule has 0 aliphatic rings. The van der Waals surface area contributed by atoms with Crippen LogP contribution in [0.2, 0.25) is 0 Å². The van der Waals surface area contributed by atoms with Gasteiger partial charge in [0.1, 0.15) is 0 Å². The topological polar surface area (TPSA) is 32.3 Å². The highest BCUT2D eigenvalue weighted by molar-refractivity contribution is 9.07. The number of nitrogens with one attached hydrogen (secondary N) is 1. The summed E-state index contributed by atoms with van der Waals surface area (Å²) >= 11 is 3.33. The van der Waals surface area contributed by atoms with Crippen LogP contribution in [0.15, 0.2) is 30.3 Å². The molecule has 0 aliphatic carbocycles. The summed E-state index contributed by atoms with van der Waals surface area (Å²) in [5.74, 6) is -0.0852. The molecule has 0 unspecified atom stereocenters. The average molecular weight is 299 g/mol. The normalized spacial score (nSPS) is 10.5. The van der Waals surface area contributed by atoms with Gasteiger partial charge in [-0.15, -0.1) is 0 Å².